The van der Waals surface area contributed by atoms with Gasteiger partial charge in [-0.25, -0.2) is 0 Å². The lowest BCUT2D eigenvalue weighted by molar-refractivity contribution is 0.439. The van der Waals surface area contributed by atoms with Gasteiger partial charge in [0.2, 0.25) is 0 Å². The van der Waals surface area contributed by atoms with Gasteiger partial charge in [0.15, 0.2) is 0 Å². The van der Waals surface area contributed by atoms with E-state index in [0.717, 1.165) is 5.92 Å². The normalized spacial score (nSPS) is 26.5. The predicted molar refractivity (Wildman–Crippen MR) is 58.2 cm³/mol. The molecule has 14 heavy (non-hydrogen) atoms. The van der Waals surface area contributed by atoms with Gasteiger partial charge in [-0.05, 0) is 29.9 Å². The summed E-state index contributed by atoms with van der Waals surface area (Å²) in [6.07, 6.45) is 5.30. The zero-order chi connectivity index (χ0) is 9.54. The van der Waals surface area contributed by atoms with Crippen LogP contribution in [0.1, 0.15) is 36.3 Å². The number of fused-ring (bicyclic) bond motifs is 1. The molecule has 1 saturated carbocycles. The van der Waals surface area contributed by atoms with Crippen molar-refractivity contribution in [2.24, 2.45) is 11.7 Å². The molecule has 1 nitrogen and oxygen atoms in total. The van der Waals surface area contributed by atoms with Gasteiger partial charge in [0, 0.05) is 12.0 Å². The fraction of sp³-hybridized carbons (Fsp3) is 0.538. The molecule has 74 valence electrons. The summed E-state index contributed by atoms with van der Waals surface area (Å²) in [5.41, 5.74) is 9.27. The zero-order valence-corrected chi connectivity index (χ0v) is 8.45. The van der Waals surface area contributed by atoms with Crippen LogP contribution in [0.4, 0.5) is 0 Å². The Morgan fingerprint density at radius 3 is 2.79 bits per heavy atom. The standard InChI is InChI=1S/C13H17N/c14-13(7-9-5-6-9)12-8-10-3-1-2-4-11(10)12/h1-4,9,12-13H,5-8,14H2. The van der Waals surface area contributed by atoms with Gasteiger partial charge in [0.25, 0.3) is 0 Å². The molecule has 0 aromatic heterocycles. The molecule has 0 amide bonds. The maximum Gasteiger partial charge on any atom is 0.0114 e. The lowest BCUT2D eigenvalue weighted by Crippen LogP contribution is -2.35. The van der Waals surface area contributed by atoms with Crippen molar-refractivity contribution in [2.75, 3.05) is 0 Å². The monoisotopic (exact) mass is 187 g/mol. The fourth-order valence-electron chi connectivity index (χ4n) is 2.58. The third-order valence-corrected chi connectivity index (χ3v) is 3.71. The highest BCUT2D eigenvalue weighted by molar-refractivity contribution is 5.41. The van der Waals surface area contributed by atoms with Crippen molar-refractivity contribution in [1.29, 1.82) is 0 Å². The largest absolute Gasteiger partial charge is 0.327 e. The molecule has 2 atom stereocenters. The Bertz CT molecular complexity index is 341. The number of hydrogen-bond donors (Lipinski definition) is 1. The minimum absolute atomic E-state index is 0.414. The van der Waals surface area contributed by atoms with E-state index in [1.165, 1.54) is 36.8 Å². The van der Waals surface area contributed by atoms with Gasteiger partial charge < -0.3 is 5.73 Å². The van der Waals surface area contributed by atoms with Gasteiger partial charge in [-0.15, -0.1) is 0 Å². The second kappa shape index (κ2) is 3.09. The van der Waals surface area contributed by atoms with Crippen molar-refractivity contribution in [2.45, 2.75) is 37.6 Å². The topological polar surface area (TPSA) is 26.0 Å². The van der Waals surface area contributed by atoms with Crippen LogP contribution in [-0.4, -0.2) is 6.04 Å². The summed E-state index contributed by atoms with van der Waals surface area (Å²) < 4.78 is 0. The van der Waals surface area contributed by atoms with Crippen molar-refractivity contribution in [3.63, 3.8) is 0 Å². The molecule has 1 fully saturated rings. The Kier molecular flexibility index (Phi) is 1.88. The van der Waals surface area contributed by atoms with E-state index in [4.69, 9.17) is 5.73 Å². The Balaban J connectivity index is 1.70. The van der Waals surface area contributed by atoms with E-state index in [2.05, 4.69) is 24.3 Å². The molecule has 0 radical (unpaired) electrons. The Morgan fingerprint density at radius 2 is 2.07 bits per heavy atom. The van der Waals surface area contributed by atoms with Crippen molar-refractivity contribution >= 4 is 0 Å². The Labute approximate surface area is 85.3 Å². The Morgan fingerprint density at radius 1 is 1.29 bits per heavy atom. The highest BCUT2D eigenvalue weighted by Gasteiger charge is 2.34. The summed E-state index contributed by atoms with van der Waals surface area (Å²) >= 11 is 0. The summed E-state index contributed by atoms with van der Waals surface area (Å²) in [5, 5.41) is 0. The molecular formula is C13H17N. The maximum absolute atomic E-state index is 6.23. The van der Waals surface area contributed by atoms with Gasteiger partial charge >= 0.3 is 0 Å². The summed E-state index contributed by atoms with van der Waals surface area (Å²) in [6.45, 7) is 0. The molecule has 0 spiro atoms. The average molecular weight is 187 g/mol. The molecule has 1 aromatic rings. The van der Waals surface area contributed by atoms with Crippen LogP contribution >= 0.6 is 0 Å². The van der Waals surface area contributed by atoms with Gasteiger partial charge in [-0.3, -0.25) is 0 Å². The number of rotatable bonds is 3. The zero-order valence-electron chi connectivity index (χ0n) is 8.45. The second-order valence-electron chi connectivity index (χ2n) is 4.85. The molecule has 2 aliphatic rings. The van der Waals surface area contributed by atoms with Crippen LogP contribution in [0.3, 0.4) is 0 Å². The van der Waals surface area contributed by atoms with E-state index in [9.17, 15) is 0 Å². The van der Waals surface area contributed by atoms with E-state index < -0.39 is 0 Å². The van der Waals surface area contributed by atoms with Crippen molar-refractivity contribution in [3.05, 3.63) is 35.4 Å². The molecule has 0 bridgehead atoms. The van der Waals surface area contributed by atoms with Crippen LogP contribution in [0.2, 0.25) is 0 Å². The SMILES string of the molecule is NC(CC1CC1)C1Cc2ccccc21. The fourth-order valence-corrected chi connectivity index (χ4v) is 2.58. The van der Waals surface area contributed by atoms with Gasteiger partial charge in [0.05, 0.1) is 0 Å². The minimum Gasteiger partial charge on any atom is -0.327 e. The number of benzene rings is 1. The quantitative estimate of drug-likeness (QED) is 0.773. The van der Waals surface area contributed by atoms with Crippen LogP contribution in [0.25, 0.3) is 0 Å². The maximum atomic E-state index is 6.23. The minimum atomic E-state index is 0.414. The first-order valence-electron chi connectivity index (χ1n) is 5.68. The van der Waals surface area contributed by atoms with Crippen LogP contribution in [-0.2, 0) is 6.42 Å². The smallest absolute Gasteiger partial charge is 0.0114 e. The van der Waals surface area contributed by atoms with Crippen LogP contribution in [0.15, 0.2) is 24.3 Å². The van der Waals surface area contributed by atoms with Crippen molar-refractivity contribution < 1.29 is 0 Å². The molecule has 3 rings (SSSR count). The number of nitrogens with two attached hydrogens (primary N) is 1. The molecule has 0 heterocycles. The predicted octanol–water partition coefficient (Wildman–Crippen LogP) is 2.45. The number of hydrogen-bond acceptors (Lipinski definition) is 1. The van der Waals surface area contributed by atoms with Crippen LogP contribution in [0, 0.1) is 5.92 Å². The molecule has 2 N–H and O–H groups in total. The molecule has 2 aliphatic carbocycles. The highest BCUT2D eigenvalue weighted by atomic mass is 14.7. The third-order valence-electron chi connectivity index (χ3n) is 3.71. The Hall–Kier alpha value is -0.820. The molecule has 0 aliphatic heterocycles. The summed E-state index contributed by atoms with van der Waals surface area (Å²) in [4.78, 5) is 0. The van der Waals surface area contributed by atoms with Gasteiger partial charge in [0.1, 0.15) is 0 Å². The first kappa shape index (κ1) is 8.49. The summed E-state index contributed by atoms with van der Waals surface area (Å²) in [6, 6.07) is 9.15. The lowest BCUT2D eigenvalue weighted by Gasteiger charge is -2.34. The molecular weight excluding hydrogens is 170 g/mol. The van der Waals surface area contributed by atoms with Crippen LogP contribution in [0.5, 0.6) is 0 Å². The first-order valence-corrected chi connectivity index (χ1v) is 5.68. The molecule has 1 heteroatoms. The van der Waals surface area contributed by atoms with Crippen molar-refractivity contribution in [3.8, 4) is 0 Å². The second-order valence-corrected chi connectivity index (χ2v) is 4.85. The van der Waals surface area contributed by atoms with E-state index in [1.54, 1.807) is 0 Å². The van der Waals surface area contributed by atoms with E-state index in [0.29, 0.717) is 12.0 Å². The molecule has 0 saturated heterocycles. The van der Waals surface area contributed by atoms with E-state index in [1.807, 2.05) is 0 Å². The average Bonchev–Trinajstić information content (AvgIpc) is 2.91. The third kappa shape index (κ3) is 1.36. The summed E-state index contributed by atoms with van der Waals surface area (Å²) in [7, 11) is 0. The van der Waals surface area contributed by atoms with E-state index in [-0.39, 0.29) is 0 Å². The summed E-state index contributed by atoms with van der Waals surface area (Å²) in [5.74, 6) is 1.62. The van der Waals surface area contributed by atoms with E-state index >= 15 is 0 Å². The lowest BCUT2D eigenvalue weighted by atomic mass is 9.72. The molecule has 2 unspecified atom stereocenters. The van der Waals surface area contributed by atoms with Crippen LogP contribution < -0.4 is 5.73 Å². The van der Waals surface area contributed by atoms with Gasteiger partial charge in [-0.2, -0.15) is 0 Å². The van der Waals surface area contributed by atoms with Crippen molar-refractivity contribution in [1.82, 2.24) is 0 Å². The first-order chi connectivity index (χ1) is 6.84. The highest BCUT2D eigenvalue weighted by Crippen LogP contribution is 2.41. The molecule has 1 aromatic carbocycles. The van der Waals surface area contributed by atoms with Gasteiger partial charge in [-0.1, -0.05) is 37.1 Å².